The van der Waals surface area contributed by atoms with Crippen molar-refractivity contribution >= 4 is 25.3 Å². The van der Waals surface area contributed by atoms with Crippen LogP contribution in [0, 0.1) is 5.41 Å². The summed E-state index contributed by atoms with van der Waals surface area (Å²) in [6.45, 7) is 7.24. The minimum absolute atomic E-state index is 0.0549. The van der Waals surface area contributed by atoms with E-state index in [1.165, 1.54) is 9.78 Å². The number of rotatable bonds is 4. The Morgan fingerprint density at radius 3 is 2.61 bits per heavy atom. The van der Waals surface area contributed by atoms with E-state index < -0.39 is 0 Å². The van der Waals surface area contributed by atoms with E-state index in [1.807, 2.05) is 0 Å². The molecule has 0 aromatic heterocycles. The van der Waals surface area contributed by atoms with Crippen LogP contribution in [0.4, 0.5) is 0 Å². The molecule has 0 aliphatic carbocycles. The van der Waals surface area contributed by atoms with Crippen LogP contribution in [0.2, 0.25) is 5.32 Å². The zero-order chi connectivity index (χ0) is 13.0. The van der Waals surface area contributed by atoms with Crippen LogP contribution < -0.4 is 4.46 Å². The Morgan fingerprint density at radius 1 is 1.28 bits per heavy atom. The maximum absolute atomic E-state index is 5.69. The van der Waals surface area contributed by atoms with Gasteiger partial charge in [-0.3, -0.25) is 0 Å². The van der Waals surface area contributed by atoms with Gasteiger partial charge in [0.1, 0.15) is 0 Å². The van der Waals surface area contributed by atoms with Crippen LogP contribution in [0.25, 0.3) is 0 Å². The normalized spacial score (nSPS) is 19.5. The molecule has 18 heavy (non-hydrogen) atoms. The molecule has 2 rings (SSSR count). The summed E-state index contributed by atoms with van der Waals surface area (Å²) in [4.78, 5) is 4.69. The van der Waals surface area contributed by atoms with E-state index in [2.05, 4.69) is 51.1 Å². The zero-order valence-electron chi connectivity index (χ0n) is 11.3. The first-order valence-corrected chi connectivity index (χ1v) is 8.51. The van der Waals surface area contributed by atoms with Gasteiger partial charge in [0.15, 0.2) is 0 Å². The van der Waals surface area contributed by atoms with Gasteiger partial charge in [0.25, 0.3) is 0 Å². The third-order valence-electron chi connectivity index (χ3n) is 2.82. The summed E-state index contributed by atoms with van der Waals surface area (Å²) in [5.41, 5.74) is 0.0549. The summed E-state index contributed by atoms with van der Waals surface area (Å²) in [5, 5.41) is 1.24. The summed E-state index contributed by atoms with van der Waals surface area (Å²) >= 11 is 0.571. The van der Waals surface area contributed by atoms with Crippen LogP contribution in [-0.2, 0) is 4.74 Å². The molecule has 1 aromatic rings. The fourth-order valence-electron chi connectivity index (χ4n) is 1.80. The summed E-state index contributed by atoms with van der Waals surface area (Å²) in [6.07, 6.45) is 1.15. The standard InChI is InChI=1S/C15H21NOSe/c1-15(2,3)14-16-12(11-17-14)9-10-18-13-7-5-4-6-8-13/h4-8,12H,9-11H2,1-3H3/t12-/m0/s1. The molecule has 0 spiro atoms. The van der Waals surface area contributed by atoms with Crippen molar-refractivity contribution in [1.29, 1.82) is 0 Å². The second-order valence-electron chi connectivity index (χ2n) is 5.60. The summed E-state index contributed by atoms with van der Waals surface area (Å²) in [7, 11) is 0. The van der Waals surface area contributed by atoms with Crippen molar-refractivity contribution in [2.75, 3.05) is 6.61 Å². The first kappa shape index (κ1) is 13.6. The predicted octanol–water partition coefficient (Wildman–Crippen LogP) is 2.67. The van der Waals surface area contributed by atoms with Crippen molar-refractivity contribution in [1.82, 2.24) is 0 Å². The first-order valence-electron chi connectivity index (χ1n) is 6.44. The van der Waals surface area contributed by atoms with Crippen molar-refractivity contribution in [2.45, 2.75) is 38.6 Å². The number of nitrogens with zero attached hydrogens (tertiary/aromatic N) is 1. The zero-order valence-corrected chi connectivity index (χ0v) is 13.1. The van der Waals surface area contributed by atoms with Gasteiger partial charge in [-0.1, -0.05) is 0 Å². The SMILES string of the molecule is CC(C)(C)C1=N[C@@H](CC[Se]c2ccccc2)CO1. The average Bonchev–Trinajstić information content (AvgIpc) is 2.79. The molecule has 1 aliphatic rings. The second kappa shape index (κ2) is 5.90. The molecular formula is C15H21NOSe. The molecule has 1 aliphatic heterocycles. The van der Waals surface area contributed by atoms with Crippen molar-refractivity contribution in [2.24, 2.45) is 10.4 Å². The number of hydrogen-bond acceptors (Lipinski definition) is 2. The molecule has 0 radical (unpaired) electrons. The molecule has 3 heteroatoms. The van der Waals surface area contributed by atoms with E-state index in [-0.39, 0.29) is 5.41 Å². The quantitative estimate of drug-likeness (QED) is 0.784. The molecule has 1 heterocycles. The first-order chi connectivity index (χ1) is 8.55. The van der Waals surface area contributed by atoms with Gasteiger partial charge < -0.3 is 0 Å². The molecule has 0 saturated carbocycles. The summed E-state index contributed by atoms with van der Waals surface area (Å²) < 4.78 is 7.17. The molecular weight excluding hydrogens is 289 g/mol. The van der Waals surface area contributed by atoms with Crippen molar-refractivity contribution in [3.63, 3.8) is 0 Å². The maximum atomic E-state index is 5.69. The van der Waals surface area contributed by atoms with Crippen LogP contribution in [0.15, 0.2) is 35.3 Å². The minimum atomic E-state index is 0.0549. The summed E-state index contributed by atoms with van der Waals surface area (Å²) in [5.74, 6) is 0.930. The van der Waals surface area contributed by atoms with Gasteiger partial charge in [-0.05, 0) is 0 Å². The van der Waals surface area contributed by atoms with Crippen LogP contribution in [0.3, 0.4) is 0 Å². The van der Waals surface area contributed by atoms with E-state index in [0.717, 1.165) is 18.9 Å². The molecule has 0 unspecified atom stereocenters. The predicted molar refractivity (Wildman–Crippen MR) is 77.9 cm³/mol. The fourth-order valence-corrected chi connectivity index (χ4v) is 3.85. The monoisotopic (exact) mass is 311 g/mol. The van der Waals surface area contributed by atoms with Crippen molar-refractivity contribution in [3.05, 3.63) is 30.3 Å². The Labute approximate surface area is 116 Å². The van der Waals surface area contributed by atoms with Gasteiger partial charge in [0.05, 0.1) is 0 Å². The Hall–Kier alpha value is -0.791. The van der Waals surface area contributed by atoms with Gasteiger partial charge in [0.2, 0.25) is 0 Å². The van der Waals surface area contributed by atoms with E-state index >= 15 is 0 Å². The topological polar surface area (TPSA) is 21.6 Å². The number of benzene rings is 1. The summed E-state index contributed by atoms with van der Waals surface area (Å²) in [6, 6.07) is 11.1. The van der Waals surface area contributed by atoms with E-state index in [0.29, 0.717) is 21.0 Å². The molecule has 0 N–H and O–H groups in total. The third-order valence-corrected chi connectivity index (χ3v) is 5.01. The van der Waals surface area contributed by atoms with Crippen LogP contribution in [-0.4, -0.2) is 33.5 Å². The second-order valence-corrected chi connectivity index (χ2v) is 8.05. The molecule has 0 amide bonds. The van der Waals surface area contributed by atoms with Crippen LogP contribution in [0.1, 0.15) is 27.2 Å². The molecule has 98 valence electrons. The molecule has 2 nitrogen and oxygen atoms in total. The van der Waals surface area contributed by atoms with E-state index in [1.54, 1.807) is 0 Å². The Morgan fingerprint density at radius 2 is 2.00 bits per heavy atom. The number of ether oxygens (including phenoxy) is 1. The average molecular weight is 310 g/mol. The van der Waals surface area contributed by atoms with Gasteiger partial charge in [-0.2, -0.15) is 0 Å². The Kier molecular flexibility index (Phi) is 4.47. The third kappa shape index (κ3) is 3.86. The van der Waals surface area contributed by atoms with Crippen molar-refractivity contribution < 1.29 is 4.74 Å². The number of hydrogen-bond donors (Lipinski definition) is 0. The van der Waals surface area contributed by atoms with Crippen LogP contribution >= 0.6 is 0 Å². The molecule has 1 atom stereocenters. The molecule has 0 saturated heterocycles. The Balaban J connectivity index is 1.77. The van der Waals surface area contributed by atoms with Gasteiger partial charge in [-0.15, -0.1) is 0 Å². The van der Waals surface area contributed by atoms with E-state index in [4.69, 9.17) is 9.73 Å². The van der Waals surface area contributed by atoms with Gasteiger partial charge in [-0.25, -0.2) is 0 Å². The van der Waals surface area contributed by atoms with Crippen LogP contribution in [0.5, 0.6) is 0 Å². The molecule has 0 fully saturated rings. The fraction of sp³-hybridized carbons (Fsp3) is 0.533. The Bertz CT molecular complexity index is 408. The molecule has 1 aromatic carbocycles. The molecule has 0 bridgehead atoms. The van der Waals surface area contributed by atoms with E-state index in [9.17, 15) is 0 Å². The van der Waals surface area contributed by atoms with Gasteiger partial charge in [0, 0.05) is 0 Å². The number of aliphatic imine (C=N–C) groups is 1. The van der Waals surface area contributed by atoms with Gasteiger partial charge >= 0.3 is 116 Å². The van der Waals surface area contributed by atoms with Crippen molar-refractivity contribution in [3.8, 4) is 0 Å².